The van der Waals surface area contributed by atoms with Crippen LogP contribution in [0.2, 0.25) is 0 Å². The molecule has 1 saturated heterocycles. The Hall–Kier alpha value is -2.33. The van der Waals surface area contributed by atoms with Gasteiger partial charge in [0, 0.05) is 24.6 Å². The molecule has 0 aromatic heterocycles. The highest BCUT2D eigenvalue weighted by atomic mass is 16.5. The number of ether oxygens (including phenoxy) is 2. The van der Waals surface area contributed by atoms with Gasteiger partial charge in [0.25, 0.3) is 0 Å². The highest BCUT2D eigenvalue weighted by molar-refractivity contribution is 5.85. The first-order valence-corrected chi connectivity index (χ1v) is 8.93. The molecule has 0 saturated carbocycles. The Bertz CT molecular complexity index is 731. The summed E-state index contributed by atoms with van der Waals surface area (Å²) in [6.07, 6.45) is 1.01. The zero-order chi connectivity index (χ0) is 17.1. The largest absolute Gasteiger partial charge is 0.492 e. The Morgan fingerprint density at radius 1 is 1.12 bits per heavy atom. The van der Waals surface area contributed by atoms with E-state index in [2.05, 4.69) is 12.1 Å². The Balaban J connectivity index is 1.28. The van der Waals surface area contributed by atoms with Crippen molar-refractivity contribution in [1.82, 2.24) is 4.90 Å². The van der Waals surface area contributed by atoms with Gasteiger partial charge in [-0.2, -0.15) is 0 Å². The number of rotatable bonds is 5. The molecule has 130 valence electrons. The third-order valence-electron chi connectivity index (χ3n) is 5.06. The molecule has 0 aliphatic carbocycles. The molecule has 2 atom stereocenters. The zero-order valence-corrected chi connectivity index (χ0v) is 14.3. The molecule has 0 unspecified atom stereocenters. The number of para-hydroxylation sites is 1. The molecule has 1 fully saturated rings. The minimum atomic E-state index is -0.153. The van der Waals surface area contributed by atoms with Gasteiger partial charge in [-0.25, -0.2) is 0 Å². The highest BCUT2D eigenvalue weighted by Gasteiger charge is 2.36. The van der Waals surface area contributed by atoms with Crippen LogP contribution in [0.25, 0.3) is 0 Å². The summed E-state index contributed by atoms with van der Waals surface area (Å²) in [4.78, 5) is 14.8. The summed E-state index contributed by atoms with van der Waals surface area (Å²) in [7, 11) is 0. The van der Waals surface area contributed by atoms with E-state index in [9.17, 15) is 4.79 Å². The number of likely N-dealkylation sites (tertiary alicyclic amines) is 1. The highest BCUT2D eigenvalue weighted by Crippen LogP contribution is 2.35. The summed E-state index contributed by atoms with van der Waals surface area (Å²) in [6.45, 7) is 3.40. The number of carbonyl (C=O) groups is 1. The molecular weight excluding hydrogens is 314 g/mol. The molecule has 2 aliphatic rings. The smallest absolute Gasteiger partial charge is 0.233 e. The fourth-order valence-electron chi connectivity index (χ4n) is 3.67. The second kappa shape index (κ2) is 7.28. The van der Waals surface area contributed by atoms with E-state index in [1.54, 1.807) is 0 Å². The van der Waals surface area contributed by atoms with Crippen molar-refractivity contribution in [3.8, 4) is 5.75 Å². The van der Waals surface area contributed by atoms with Crippen LogP contribution in [0.3, 0.4) is 0 Å². The molecule has 0 bridgehead atoms. The predicted octanol–water partition coefficient (Wildman–Crippen LogP) is 3.23. The van der Waals surface area contributed by atoms with Gasteiger partial charge in [0.05, 0.1) is 13.2 Å². The average molecular weight is 337 g/mol. The van der Waals surface area contributed by atoms with Crippen molar-refractivity contribution in [3.63, 3.8) is 0 Å². The number of nitrogens with zero attached hydrogens (tertiary/aromatic N) is 1. The maximum atomic E-state index is 12.9. The summed E-state index contributed by atoms with van der Waals surface area (Å²) in [5.41, 5.74) is 2.21. The average Bonchev–Trinajstić information content (AvgIpc) is 3.29. The molecule has 2 aromatic rings. The maximum absolute atomic E-state index is 12.9. The van der Waals surface area contributed by atoms with E-state index in [1.165, 1.54) is 5.56 Å². The Labute approximate surface area is 148 Å². The van der Waals surface area contributed by atoms with Crippen LogP contribution in [0.5, 0.6) is 5.75 Å². The first-order chi connectivity index (χ1) is 12.3. The summed E-state index contributed by atoms with van der Waals surface area (Å²) in [5.74, 6) is 1.31. The van der Waals surface area contributed by atoms with Crippen LogP contribution in [0.15, 0.2) is 54.6 Å². The second-order valence-electron chi connectivity index (χ2n) is 6.84. The van der Waals surface area contributed by atoms with E-state index in [0.29, 0.717) is 25.7 Å². The number of carbonyl (C=O) groups excluding carboxylic acids is 1. The molecule has 2 aliphatic heterocycles. The van der Waals surface area contributed by atoms with Crippen LogP contribution in [0, 0.1) is 5.92 Å². The lowest BCUT2D eigenvalue weighted by Crippen LogP contribution is -2.34. The lowest BCUT2D eigenvalue weighted by Gasteiger charge is -2.20. The van der Waals surface area contributed by atoms with E-state index >= 15 is 0 Å². The van der Waals surface area contributed by atoms with Crippen molar-refractivity contribution in [1.29, 1.82) is 0 Å². The van der Waals surface area contributed by atoms with Crippen LogP contribution in [-0.2, 0) is 16.1 Å². The first kappa shape index (κ1) is 16.2. The fraction of sp³-hybridized carbons (Fsp3) is 0.381. The lowest BCUT2D eigenvalue weighted by atomic mass is 10.00. The molecule has 2 heterocycles. The maximum Gasteiger partial charge on any atom is 0.233 e. The molecule has 0 radical (unpaired) electrons. The van der Waals surface area contributed by atoms with E-state index < -0.39 is 0 Å². The molecule has 25 heavy (non-hydrogen) atoms. The zero-order valence-electron chi connectivity index (χ0n) is 14.3. The van der Waals surface area contributed by atoms with Crippen molar-refractivity contribution in [2.24, 2.45) is 5.92 Å². The molecule has 2 aromatic carbocycles. The number of hydrogen-bond acceptors (Lipinski definition) is 3. The molecule has 0 spiro atoms. The van der Waals surface area contributed by atoms with Gasteiger partial charge in [0.2, 0.25) is 5.91 Å². The van der Waals surface area contributed by atoms with Crippen molar-refractivity contribution in [2.75, 3.05) is 26.3 Å². The SMILES string of the molecule is O=C([C@@H]1COc2ccccc21)N1CC[C@@H](COCc2ccccc2)C1. The molecule has 1 amide bonds. The second-order valence-corrected chi connectivity index (χ2v) is 6.84. The minimum Gasteiger partial charge on any atom is -0.492 e. The van der Waals surface area contributed by atoms with E-state index in [1.807, 2.05) is 47.4 Å². The quantitative estimate of drug-likeness (QED) is 0.841. The molecule has 4 heteroatoms. The minimum absolute atomic E-state index is 0.153. The molecule has 4 nitrogen and oxygen atoms in total. The third kappa shape index (κ3) is 3.54. The van der Waals surface area contributed by atoms with Crippen molar-refractivity contribution >= 4 is 5.91 Å². The Kier molecular flexibility index (Phi) is 4.70. The van der Waals surface area contributed by atoms with Crippen molar-refractivity contribution < 1.29 is 14.3 Å². The van der Waals surface area contributed by atoms with E-state index in [4.69, 9.17) is 9.47 Å². The van der Waals surface area contributed by atoms with E-state index in [0.717, 1.165) is 30.8 Å². The summed E-state index contributed by atoms with van der Waals surface area (Å²) >= 11 is 0. The van der Waals surface area contributed by atoms with Gasteiger partial charge >= 0.3 is 0 Å². The van der Waals surface area contributed by atoms with Crippen molar-refractivity contribution in [2.45, 2.75) is 18.9 Å². The summed E-state index contributed by atoms with van der Waals surface area (Å²) in [5, 5.41) is 0. The van der Waals surface area contributed by atoms with Crippen LogP contribution >= 0.6 is 0 Å². The number of amides is 1. The Morgan fingerprint density at radius 2 is 1.92 bits per heavy atom. The van der Waals surface area contributed by atoms with Crippen LogP contribution in [0.4, 0.5) is 0 Å². The van der Waals surface area contributed by atoms with E-state index in [-0.39, 0.29) is 11.8 Å². The number of fused-ring (bicyclic) bond motifs is 1. The van der Waals surface area contributed by atoms with Gasteiger partial charge in [-0.1, -0.05) is 48.5 Å². The van der Waals surface area contributed by atoms with Gasteiger partial charge < -0.3 is 14.4 Å². The predicted molar refractivity (Wildman–Crippen MR) is 95.5 cm³/mol. The van der Waals surface area contributed by atoms with Crippen LogP contribution < -0.4 is 4.74 Å². The molecule has 0 N–H and O–H groups in total. The summed E-state index contributed by atoms with van der Waals surface area (Å²) in [6, 6.07) is 18.1. The van der Waals surface area contributed by atoms with Gasteiger partial charge in [-0.05, 0) is 18.1 Å². The standard InChI is InChI=1S/C21H23NO3/c23-21(19-15-25-20-9-5-4-8-18(19)20)22-11-10-17(12-22)14-24-13-16-6-2-1-3-7-16/h1-9,17,19H,10-15H2/t17-,19-/m1/s1. The van der Waals surface area contributed by atoms with Crippen LogP contribution in [0.1, 0.15) is 23.5 Å². The van der Waals surface area contributed by atoms with Gasteiger partial charge in [0.15, 0.2) is 0 Å². The molecule has 4 rings (SSSR count). The van der Waals surface area contributed by atoms with Crippen molar-refractivity contribution in [3.05, 3.63) is 65.7 Å². The van der Waals surface area contributed by atoms with Crippen LogP contribution in [-0.4, -0.2) is 37.1 Å². The first-order valence-electron chi connectivity index (χ1n) is 8.93. The number of hydrogen-bond donors (Lipinski definition) is 0. The van der Waals surface area contributed by atoms with Gasteiger partial charge in [0.1, 0.15) is 18.3 Å². The fourth-order valence-corrected chi connectivity index (χ4v) is 3.67. The number of benzene rings is 2. The third-order valence-corrected chi connectivity index (χ3v) is 5.06. The lowest BCUT2D eigenvalue weighted by molar-refractivity contribution is -0.132. The molecular formula is C21H23NO3. The van der Waals surface area contributed by atoms with Gasteiger partial charge in [-0.15, -0.1) is 0 Å². The topological polar surface area (TPSA) is 38.8 Å². The normalized spacial score (nSPS) is 21.8. The monoisotopic (exact) mass is 337 g/mol. The Morgan fingerprint density at radius 3 is 2.80 bits per heavy atom. The van der Waals surface area contributed by atoms with Gasteiger partial charge in [-0.3, -0.25) is 4.79 Å². The summed E-state index contributed by atoms with van der Waals surface area (Å²) < 4.78 is 11.5.